The minimum atomic E-state index is -2.95. The Morgan fingerprint density at radius 3 is 2.17 bits per heavy atom. The van der Waals surface area contributed by atoms with Gasteiger partial charge in [0.15, 0.2) is 6.10 Å². The smallest absolute Gasteiger partial charge is 0.387 e. The van der Waals surface area contributed by atoms with E-state index in [2.05, 4.69) is 15.6 Å². The van der Waals surface area contributed by atoms with Crippen molar-refractivity contribution in [3.63, 3.8) is 0 Å². The van der Waals surface area contributed by atoms with E-state index in [-0.39, 0.29) is 11.3 Å². The highest BCUT2D eigenvalue weighted by atomic mass is 19.3. The number of fused-ring (bicyclic) bond motifs is 1. The van der Waals surface area contributed by atoms with Gasteiger partial charge in [0.05, 0.1) is 0 Å². The second-order valence-corrected chi connectivity index (χ2v) is 6.12. The molecule has 2 amide bonds. The fraction of sp³-hybridized carbons (Fsp3) is 0.143. The van der Waals surface area contributed by atoms with Gasteiger partial charge in [0.2, 0.25) is 0 Å². The summed E-state index contributed by atoms with van der Waals surface area (Å²) in [5, 5.41) is 2.03. The maximum absolute atomic E-state index is 12.2. The second kappa shape index (κ2) is 9.01. The van der Waals surface area contributed by atoms with Crippen molar-refractivity contribution in [2.24, 2.45) is 0 Å². The van der Waals surface area contributed by atoms with E-state index in [1.165, 1.54) is 24.3 Å². The molecule has 6 nitrogen and oxygen atoms in total. The summed E-state index contributed by atoms with van der Waals surface area (Å²) in [6.07, 6.45) is -0.863. The van der Waals surface area contributed by atoms with Crippen molar-refractivity contribution in [2.45, 2.75) is 19.6 Å². The van der Waals surface area contributed by atoms with Gasteiger partial charge >= 0.3 is 6.61 Å². The summed E-state index contributed by atoms with van der Waals surface area (Å²) < 4.78 is 34.1. The highest BCUT2D eigenvalue weighted by Crippen LogP contribution is 2.21. The number of hydrazine groups is 1. The fourth-order valence-electron chi connectivity index (χ4n) is 2.58. The lowest BCUT2D eigenvalue weighted by atomic mass is 10.1. The van der Waals surface area contributed by atoms with Crippen molar-refractivity contribution in [1.82, 2.24) is 10.9 Å². The van der Waals surface area contributed by atoms with E-state index >= 15 is 0 Å². The third kappa shape index (κ3) is 5.41. The first-order valence-electron chi connectivity index (χ1n) is 8.73. The lowest BCUT2D eigenvalue weighted by Gasteiger charge is -2.15. The standard InChI is InChI=1S/C21H18F2N2O4/c1-13(28-18-11-6-14-4-2-3-5-16(14)12-18)19(26)24-25-20(27)15-7-9-17(10-8-15)29-21(22)23/h2-13,21H,1H3,(H,24,26)(H,25,27). The lowest BCUT2D eigenvalue weighted by Crippen LogP contribution is -2.47. The molecule has 1 unspecified atom stereocenters. The molecule has 0 aliphatic heterocycles. The van der Waals surface area contributed by atoms with Crippen LogP contribution in [-0.4, -0.2) is 24.5 Å². The number of ether oxygens (including phenoxy) is 2. The molecule has 0 saturated carbocycles. The zero-order chi connectivity index (χ0) is 20.8. The molecular formula is C21H18F2N2O4. The van der Waals surface area contributed by atoms with E-state index in [0.29, 0.717) is 5.75 Å². The molecule has 0 radical (unpaired) electrons. The van der Waals surface area contributed by atoms with E-state index in [1.54, 1.807) is 13.0 Å². The molecule has 8 heteroatoms. The molecule has 0 aliphatic carbocycles. The van der Waals surface area contributed by atoms with Gasteiger partial charge in [-0.25, -0.2) is 0 Å². The van der Waals surface area contributed by atoms with Crippen LogP contribution in [0.25, 0.3) is 10.8 Å². The van der Waals surface area contributed by atoms with Gasteiger partial charge in [0.1, 0.15) is 11.5 Å². The maximum atomic E-state index is 12.2. The first-order chi connectivity index (χ1) is 13.9. The van der Waals surface area contributed by atoms with Crippen LogP contribution >= 0.6 is 0 Å². The van der Waals surface area contributed by atoms with Crippen LogP contribution in [0.2, 0.25) is 0 Å². The Morgan fingerprint density at radius 2 is 1.48 bits per heavy atom. The van der Waals surface area contributed by atoms with E-state index in [1.807, 2.05) is 36.4 Å². The molecule has 0 bridgehead atoms. The summed E-state index contributed by atoms with van der Waals surface area (Å²) >= 11 is 0. The number of carbonyl (C=O) groups is 2. The maximum Gasteiger partial charge on any atom is 0.387 e. The highest BCUT2D eigenvalue weighted by Gasteiger charge is 2.16. The molecule has 0 saturated heterocycles. The molecule has 1 atom stereocenters. The predicted molar refractivity (Wildman–Crippen MR) is 103 cm³/mol. The van der Waals surface area contributed by atoms with Gasteiger partial charge in [-0.3, -0.25) is 20.4 Å². The van der Waals surface area contributed by atoms with Crippen LogP contribution < -0.4 is 20.3 Å². The van der Waals surface area contributed by atoms with E-state index in [0.717, 1.165) is 10.8 Å². The number of alkyl halides is 2. The van der Waals surface area contributed by atoms with Gasteiger partial charge in [-0.15, -0.1) is 0 Å². The van der Waals surface area contributed by atoms with Gasteiger partial charge in [-0.05, 0) is 54.1 Å². The Bertz CT molecular complexity index is 1010. The Morgan fingerprint density at radius 1 is 0.828 bits per heavy atom. The number of nitrogens with one attached hydrogen (secondary N) is 2. The van der Waals surface area contributed by atoms with Crippen LogP contribution in [0.5, 0.6) is 11.5 Å². The number of rotatable bonds is 6. The van der Waals surface area contributed by atoms with E-state index < -0.39 is 24.5 Å². The molecule has 0 fully saturated rings. The number of benzene rings is 3. The zero-order valence-electron chi connectivity index (χ0n) is 15.4. The van der Waals surface area contributed by atoms with Crippen LogP contribution in [0, 0.1) is 0 Å². The summed E-state index contributed by atoms with van der Waals surface area (Å²) in [4.78, 5) is 24.2. The minimum Gasteiger partial charge on any atom is -0.481 e. The first kappa shape index (κ1) is 20.1. The average molecular weight is 400 g/mol. The number of hydrogen-bond acceptors (Lipinski definition) is 4. The summed E-state index contributed by atoms with van der Waals surface area (Å²) in [6, 6.07) is 18.3. The van der Waals surface area contributed by atoms with E-state index in [4.69, 9.17) is 4.74 Å². The third-order valence-electron chi connectivity index (χ3n) is 4.04. The molecule has 0 spiro atoms. The van der Waals surface area contributed by atoms with Crippen LogP contribution in [-0.2, 0) is 4.79 Å². The van der Waals surface area contributed by atoms with Crippen molar-refractivity contribution < 1.29 is 27.8 Å². The SMILES string of the molecule is CC(Oc1ccc2ccccc2c1)C(=O)NNC(=O)c1ccc(OC(F)F)cc1. The van der Waals surface area contributed by atoms with Crippen molar-refractivity contribution in [1.29, 1.82) is 0 Å². The van der Waals surface area contributed by atoms with E-state index in [9.17, 15) is 18.4 Å². The van der Waals surface area contributed by atoms with Crippen LogP contribution in [0.1, 0.15) is 17.3 Å². The number of hydrogen-bond donors (Lipinski definition) is 2. The van der Waals surface area contributed by atoms with Gasteiger partial charge in [-0.2, -0.15) is 8.78 Å². The molecule has 3 aromatic carbocycles. The molecule has 0 aliphatic rings. The first-order valence-corrected chi connectivity index (χ1v) is 8.73. The van der Waals surface area contributed by atoms with Crippen LogP contribution in [0.3, 0.4) is 0 Å². The average Bonchev–Trinajstić information content (AvgIpc) is 2.71. The summed E-state index contributed by atoms with van der Waals surface area (Å²) in [6.45, 7) is -1.40. The fourth-order valence-corrected chi connectivity index (χ4v) is 2.58. The van der Waals surface area contributed by atoms with Gasteiger partial charge in [-0.1, -0.05) is 30.3 Å². The van der Waals surface area contributed by atoms with Gasteiger partial charge in [0, 0.05) is 5.56 Å². The topological polar surface area (TPSA) is 76.7 Å². The van der Waals surface area contributed by atoms with Crippen molar-refractivity contribution >= 4 is 22.6 Å². The molecule has 3 rings (SSSR count). The molecule has 3 aromatic rings. The summed E-state index contributed by atoms with van der Waals surface area (Å²) in [5.41, 5.74) is 4.68. The molecular weight excluding hydrogens is 382 g/mol. The number of halogens is 2. The molecule has 0 aromatic heterocycles. The normalized spacial score (nSPS) is 11.7. The lowest BCUT2D eigenvalue weighted by molar-refractivity contribution is -0.128. The minimum absolute atomic E-state index is 0.0713. The Kier molecular flexibility index (Phi) is 6.23. The largest absolute Gasteiger partial charge is 0.481 e. The predicted octanol–water partition coefficient (Wildman–Crippen LogP) is 3.67. The monoisotopic (exact) mass is 400 g/mol. The highest BCUT2D eigenvalue weighted by molar-refractivity contribution is 5.95. The summed E-state index contributed by atoms with van der Waals surface area (Å²) in [5.74, 6) is -0.714. The molecule has 150 valence electrons. The Hall–Kier alpha value is -3.68. The number of amides is 2. The van der Waals surface area contributed by atoms with Gasteiger partial charge < -0.3 is 9.47 Å². The number of carbonyl (C=O) groups excluding carboxylic acids is 2. The second-order valence-electron chi connectivity index (χ2n) is 6.12. The Labute approximate surface area is 165 Å². The Balaban J connectivity index is 1.53. The third-order valence-corrected chi connectivity index (χ3v) is 4.04. The quantitative estimate of drug-likeness (QED) is 0.619. The van der Waals surface area contributed by atoms with Crippen molar-refractivity contribution in [2.75, 3.05) is 0 Å². The summed E-state index contributed by atoms with van der Waals surface area (Å²) in [7, 11) is 0. The molecule has 29 heavy (non-hydrogen) atoms. The molecule has 0 heterocycles. The molecule has 2 N–H and O–H groups in total. The van der Waals surface area contributed by atoms with Gasteiger partial charge in [0.25, 0.3) is 11.8 Å². The van der Waals surface area contributed by atoms with Crippen molar-refractivity contribution in [3.05, 3.63) is 72.3 Å². The van der Waals surface area contributed by atoms with Crippen LogP contribution in [0.4, 0.5) is 8.78 Å². The van der Waals surface area contributed by atoms with Crippen LogP contribution in [0.15, 0.2) is 66.7 Å². The zero-order valence-corrected chi connectivity index (χ0v) is 15.4. The van der Waals surface area contributed by atoms with Crippen molar-refractivity contribution in [3.8, 4) is 11.5 Å².